The summed E-state index contributed by atoms with van der Waals surface area (Å²) in [4.78, 5) is 13.1. The van der Waals surface area contributed by atoms with Crippen molar-refractivity contribution in [3.63, 3.8) is 0 Å². The molecule has 27 heavy (non-hydrogen) atoms. The molecule has 1 fully saturated rings. The minimum Gasteiger partial charge on any atom is -0.480 e. The fourth-order valence-electron chi connectivity index (χ4n) is 4.04. The first-order valence-corrected chi connectivity index (χ1v) is 9.25. The number of hydrogen-bond donors (Lipinski definition) is 1. The Bertz CT molecular complexity index is 919. The van der Waals surface area contributed by atoms with Gasteiger partial charge in [-0.25, -0.2) is 0 Å². The quantitative estimate of drug-likeness (QED) is 0.780. The van der Waals surface area contributed by atoms with E-state index in [0.29, 0.717) is 11.3 Å². The van der Waals surface area contributed by atoms with Crippen LogP contribution in [0.2, 0.25) is 0 Å². The number of nitrogens with one attached hydrogen (secondary N) is 1. The highest BCUT2D eigenvalue weighted by atomic mass is 16.5. The van der Waals surface area contributed by atoms with E-state index in [-0.39, 0.29) is 17.2 Å². The highest BCUT2D eigenvalue weighted by Crippen LogP contribution is 2.48. The van der Waals surface area contributed by atoms with Gasteiger partial charge in [-0.2, -0.15) is 10.5 Å². The average Bonchev–Trinajstić information content (AvgIpc) is 2.91. The number of nitriles is 2. The molecule has 0 bridgehead atoms. The molecular formula is C22H23N3O2. The summed E-state index contributed by atoms with van der Waals surface area (Å²) >= 11 is 0. The number of ether oxygens (including phenoxy) is 1. The first-order valence-electron chi connectivity index (χ1n) is 9.25. The fourth-order valence-corrected chi connectivity index (χ4v) is 4.04. The third-order valence-corrected chi connectivity index (χ3v) is 5.55. The SMILES string of the molecule is CC1=C(C(=O)Nc2ccc(C)cc2C)C(=C(C#N)C#N)OC12CCCCC2. The van der Waals surface area contributed by atoms with Gasteiger partial charge >= 0.3 is 0 Å². The molecule has 5 nitrogen and oxygen atoms in total. The first kappa shape index (κ1) is 18.7. The van der Waals surface area contributed by atoms with Crippen LogP contribution < -0.4 is 5.32 Å². The molecule has 0 unspecified atom stereocenters. The van der Waals surface area contributed by atoms with E-state index in [0.717, 1.165) is 48.8 Å². The van der Waals surface area contributed by atoms with E-state index in [4.69, 9.17) is 4.74 Å². The van der Waals surface area contributed by atoms with Gasteiger partial charge < -0.3 is 10.1 Å². The number of amides is 1. The molecule has 0 aromatic heterocycles. The van der Waals surface area contributed by atoms with E-state index in [1.807, 2.05) is 51.1 Å². The molecule has 138 valence electrons. The summed E-state index contributed by atoms with van der Waals surface area (Å²) < 4.78 is 6.17. The van der Waals surface area contributed by atoms with Gasteiger partial charge in [0.15, 0.2) is 11.3 Å². The van der Waals surface area contributed by atoms with Crippen molar-refractivity contribution in [3.05, 3.63) is 51.8 Å². The minimum absolute atomic E-state index is 0.127. The lowest BCUT2D eigenvalue weighted by Gasteiger charge is -2.34. The molecule has 1 N–H and O–H groups in total. The predicted octanol–water partition coefficient (Wildman–Crippen LogP) is 4.59. The van der Waals surface area contributed by atoms with Gasteiger partial charge in [-0.3, -0.25) is 4.79 Å². The van der Waals surface area contributed by atoms with Crippen molar-refractivity contribution < 1.29 is 9.53 Å². The summed E-state index contributed by atoms with van der Waals surface area (Å²) in [5, 5.41) is 21.7. The van der Waals surface area contributed by atoms with Crippen LogP contribution in [0.15, 0.2) is 40.7 Å². The topological polar surface area (TPSA) is 85.9 Å². The Morgan fingerprint density at radius 3 is 2.37 bits per heavy atom. The molecule has 0 saturated heterocycles. The third kappa shape index (κ3) is 3.34. The molecule has 0 atom stereocenters. The normalized spacial score (nSPS) is 17.9. The van der Waals surface area contributed by atoms with E-state index in [9.17, 15) is 15.3 Å². The number of nitrogens with zero attached hydrogens (tertiary/aromatic N) is 2. The summed E-state index contributed by atoms with van der Waals surface area (Å²) in [5.74, 6) is -0.207. The summed E-state index contributed by atoms with van der Waals surface area (Å²) in [5.41, 5.74) is 3.22. The number of carbonyl (C=O) groups is 1. The molecule has 5 heteroatoms. The Morgan fingerprint density at radius 2 is 1.78 bits per heavy atom. The zero-order valence-corrected chi connectivity index (χ0v) is 16.0. The van der Waals surface area contributed by atoms with E-state index in [2.05, 4.69) is 5.32 Å². The van der Waals surface area contributed by atoms with Crippen LogP contribution in [-0.2, 0) is 9.53 Å². The van der Waals surface area contributed by atoms with Gasteiger partial charge in [0.2, 0.25) is 0 Å². The number of carbonyl (C=O) groups excluding carboxylic acids is 1. The van der Waals surface area contributed by atoms with Gasteiger partial charge in [-0.05, 0) is 63.7 Å². The molecule has 1 amide bonds. The lowest BCUT2D eigenvalue weighted by Crippen LogP contribution is -2.32. The Balaban J connectivity index is 2.05. The summed E-state index contributed by atoms with van der Waals surface area (Å²) in [6, 6.07) is 9.56. The summed E-state index contributed by atoms with van der Waals surface area (Å²) in [6.07, 6.45) is 4.74. The minimum atomic E-state index is -0.568. The molecule has 1 heterocycles. The van der Waals surface area contributed by atoms with Gasteiger partial charge in [0.05, 0.1) is 5.57 Å². The maximum absolute atomic E-state index is 13.1. The maximum Gasteiger partial charge on any atom is 0.259 e. The molecule has 0 radical (unpaired) electrons. The fraction of sp³-hybridized carbons (Fsp3) is 0.409. The number of allylic oxidation sites excluding steroid dienone is 1. The molecule has 3 rings (SSSR count). The van der Waals surface area contributed by atoms with Crippen LogP contribution in [-0.4, -0.2) is 11.5 Å². The van der Waals surface area contributed by atoms with E-state index >= 15 is 0 Å². The number of benzene rings is 1. The highest BCUT2D eigenvalue weighted by molar-refractivity contribution is 6.08. The second-order valence-electron chi connectivity index (χ2n) is 7.36. The number of aryl methyl sites for hydroxylation is 2. The van der Waals surface area contributed by atoms with Crippen molar-refractivity contribution in [2.75, 3.05) is 5.32 Å². The van der Waals surface area contributed by atoms with Crippen LogP contribution in [0.25, 0.3) is 0 Å². The molecular weight excluding hydrogens is 338 g/mol. The molecule has 2 aliphatic rings. The van der Waals surface area contributed by atoms with Crippen molar-refractivity contribution in [1.82, 2.24) is 0 Å². The van der Waals surface area contributed by atoms with Crippen molar-refractivity contribution >= 4 is 11.6 Å². The number of anilines is 1. The number of rotatable bonds is 2. The zero-order chi connectivity index (χ0) is 19.6. The van der Waals surface area contributed by atoms with Crippen molar-refractivity contribution in [3.8, 4) is 12.1 Å². The van der Waals surface area contributed by atoms with E-state index in [1.54, 1.807) is 0 Å². The Morgan fingerprint density at radius 1 is 1.11 bits per heavy atom. The lowest BCUT2D eigenvalue weighted by molar-refractivity contribution is -0.112. The molecule has 1 spiro atoms. The Hall–Kier alpha value is -3.05. The highest BCUT2D eigenvalue weighted by Gasteiger charge is 2.47. The average molecular weight is 361 g/mol. The van der Waals surface area contributed by atoms with Crippen LogP contribution in [0.1, 0.15) is 50.2 Å². The van der Waals surface area contributed by atoms with Gasteiger partial charge in [0.1, 0.15) is 17.7 Å². The maximum atomic E-state index is 13.1. The number of hydrogen-bond acceptors (Lipinski definition) is 4. The second kappa shape index (κ2) is 7.29. The largest absolute Gasteiger partial charge is 0.480 e. The second-order valence-corrected chi connectivity index (χ2v) is 7.36. The predicted molar refractivity (Wildman–Crippen MR) is 102 cm³/mol. The van der Waals surface area contributed by atoms with Crippen molar-refractivity contribution in [2.24, 2.45) is 0 Å². The van der Waals surface area contributed by atoms with Crippen LogP contribution in [0.3, 0.4) is 0 Å². The van der Waals surface area contributed by atoms with Crippen LogP contribution in [0.4, 0.5) is 5.69 Å². The van der Waals surface area contributed by atoms with Gasteiger partial charge in [0.25, 0.3) is 5.91 Å². The standard InChI is InChI=1S/C22H23N3O2/c1-14-7-8-18(15(2)11-14)25-21(26)19-16(3)22(9-5-4-6-10-22)27-20(19)17(12-23)13-24/h7-8,11H,4-6,9-10H2,1-3H3,(H,25,26). The van der Waals surface area contributed by atoms with Crippen molar-refractivity contribution in [2.45, 2.75) is 58.5 Å². The monoisotopic (exact) mass is 361 g/mol. The molecule has 1 aliphatic carbocycles. The van der Waals surface area contributed by atoms with Crippen molar-refractivity contribution in [1.29, 1.82) is 10.5 Å². The van der Waals surface area contributed by atoms with Gasteiger partial charge in [-0.1, -0.05) is 24.1 Å². The van der Waals surface area contributed by atoms with Gasteiger partial charge in [0, 0.05) is 5.69 Å². The Labute approximate surface area is 159 Å². The molecule has 1 aromatic rings. The summed E-state index contributed by atoms with van der Waals surface area (Å²) in [6.45, 7) is 5.82. The molecule has 1 aromatic carbocycles. The van der Waals surface area contributed by atoms with Gasteiger partial charge in [-0.15, -0.1) is 0 Å². The lowest BCUT2D eigenvalue weighted by atomic mass is 9.79. The molecule has 1 aliphatic heterocycles. The van der Waals surface area contributed by atoms with Crippen LogP contribution >= 0.6 is 0 Å². The van der Waals surface area contributed by atoms with E-state index < -0.39 is 5.60 Å². The smallest absolute Gasteiger partial charge is 0.259 e. The molecule has 1 saturated carbocycles. The first-order chi connectivity index (χ1) is 12.9. The van der Waals surface area contributed by atoms with E-state index in [1.165, 1.54) is 0 Å². The summed E-state index contributed by atoms with van der Waals surface area (Å²) in [7, 11) is 0. The Kier molecular flexibility index (Phi) is 5.06. The third-order valence-electron chi connectivity index (χ3n) is 5.55. The zero-order valence-electron chi connectivity index (χ0n) is 16.0. The van der Waals surface area contributed by atoms with Crippen LogP contribution in [0.5, 0.6) is 0 Å². The van der Waals surface area contributed by atoms with Crippen LogP contribution in [0, 0.1) is 36.5 Å².